The second kappa shape index (κ2) is 9.61. The topological polar surface area (TPSA) is 82.8 Å². The van der Waals surface area contributed by atoms with E-state index in [2.05, 4.69) is 0 Å². The summed E-state index contributed by atoms with van der Waals surface area (Å²) in [6.07, 6.45) is -0.898. The molecule has 0 bridgehead atoms. The molecule has 0 saturated heterocycles. The minimum Gasteiger partial charge on any atom is -0.618 e. The van der Waals surface area contributed by atoms with Crippen LogP contribution in [0.3, 0.4) is 0 Å². The average Bonchev–Trinajstić information content (AvgIpc) is 2.65. The fourth-order valence-corrected chi connectivity index (χ4v) is 3.20. The van der Waals surface area contributed by atoms with Gasteiger partial charge in [0.2, 0.25) is 23.4 Å². The summed E-state index contributed by atoms with van der Waals surface area (Å²) in [5, 5.41) is 13.0. The fraction of sp³-hybridized carbons (Fsp3) is 0.435. The van der Waals surface area contributed by atoms with Crippen molar-refractivity contribution in [3.63, 3.8) is 0 Å². The zero-order valence-corrected chi connectivity index (χ0v) is 18.5. The Hall–Kier alpha value is -3.09. The van der Waals surface area contributed by atoms with Crippen LogP contribution in [0.4, 0.5) is 0 Å². The van der Waals surface area contributed by atoms with E-state index in [1.54, 1.807) is 24.0 Å². The lowest BCUT2D eigenvalue weighted by Gasteiger charge is -2.36. The Morgan fingerprint density at radius 3 is 2.27 bits per heavy atom. The van der Waals surface area contributed by atoms with Crippen LogP contribution in [0.2, 0.25) is 0 Å². The number of aromatic nitrogens is 1. The van der Waals surface area contributed by atoms with Crippen molar-refractivity contribution in [2.45, 2.75) is 59.8 Å². The highest BCUT2D eigenvalue weighted by atomic mass is 16.5. The summed E-state index contributed by atoms with van der Waals surface area (Å²) < 4.78 is 11.9. The van der Waals surface area contributed by atoms with Crippen molar-refractivity contribution in [3.8, 4) is 5.75 Å². The van der Waals surface area contributed by atoms with Gasteiger partial charge in [0.25, 0.3) is 0 Å². The van der Waals surface area contributed by atoms with Crippen LogP contribution in [-0.4, -0.2) is 28.9 Å². The van der Waals surface area contributed by atoms with Gasteiger partial charge >= 0.3 is 5.97 Å². The third-order valence-electron chi connectivity index (χ3n) is 4.71. The van der Waals surface area contributed by atoms with Crippen molar-refractivity contribution in [3.05, 3.63) is 64.6 Å². The van der Waals surface area contributed by atoms with Gasteiger partial charge in [0, 0.05) is 32.4 Å². The average molecular weight is 415 g/mol. The van der Waals surface area contributed by atoms with Crippen LogP contribution >= 0.6 is 0 Å². The van der Waals surface area contributed by atoms with Gasteiger partial charge in [0.05, 0.1) is 6.54 Å². The zero-order chi connectivity index (χ0) is 22.5. The van der Waals surface area contributed by atoms with Gasteiger partial charge in [-0.25, -0.2) is 0 Å². The third kappa shape index (κ3) is 5.95. The van der Waals surface area contributed by atoms with Crippen molar-refractivity contribution in [1.29, 1.82) is 0 Å². The number of pyridine rings is 1. The highest BCUT2D eigenvalue weighted by Gasteiger charge is 2.33. The normalized spacial score (nSPS) is 12.2. The van der Waals surface area contributed by atoms with Crippen molar-refractivity contribution < 1.29 is 23.8 Å². The summed E-state index contributed by atoms with van der Waals surface area (Å²) in [6, 6.07) is 12.9. The molecule has 0 aliphatic carbocycles. The summed E-state index contributed by atoms with van der Waals surface area (Å²) >= 11 is 0. The first-order chi connectivity index (χ1) is 14.0. The van der Waals surface area contributed by atoms with E-state index in [1.807, 2.05) is 51.1 Å². The molecule has 0 aliphatic heterocycles. The van der Waals surface area contributed by atoms with Crippen LogP contribution < -0.4 is 9.47 Å². The van der Waals surface area contributed by atoms with E-state index in [9.17, 15) is 14.8 Å². The molecule has 0 fully saturated rings. The fourth-order valence-electron chi connectivity index (χ4n) is 3.20. The van der Waals surface area contributed by atoms with Gasteiger partial charge in [-0.2, -0.15) is 4.73 Å². The van der Waals surface area contributed by atoms with Crippen molar-refractivity contribution in [1.82, 2.24) is 4.90 Å². The van der Waals surface area contributed by atoms with E-state index in [0.717, 1.165) is 5.56 Å². The number of rotatable bonds is 7. The molecule has 1 unspecified atom stereocenters. The Kier molecular flexibility index (Phi) is 7.43. The van der Waals surface area contributed by atoms with Gasteiger partial charge in [-0.05, 0) is 32.4 Å². The quantitative estimate of drug-likeness (QED) is 0.394. The molecule has 0 aliphatic rings. The van der Waals surface area contributed by atoms with Crippen LogP contribution in [0.15, 0.2) is 42.5 Å². The van der Waals surface area contributed by atoms with Crippen LogP contribution in [-0.2, 0) is 20.9 Å². The number of carbonyl (C=O) groups is 2. The molecule has 1 atom stereocenters. The van der Waals surface area contributed by atoms with Crippen LogP contribution in [0.5, 0.6) is 5.75 Å². The predicted molar refractivity (Wildman–Crippen MR) is 113 cm³/mol. The largest absolute Gasteiger partial charge is 0.618 e. The Morgan fingerprint density at radius 2 is 1.73 bits per heavy atom. The van der Waals surface area contributed by atoms with Crippen LogP contribution in [0.25, 0.3) is 0 Å². The number of ether oxygens (including phenoxy) is 2. The first-order valence-corrected chi connectivity index (χ1v) is 9.86. The first-order valence-electron chi connectivity index (χ1n) is 9.86. The molecule has 7 nitrogen and oxygen atoms in total. The van der Waals surface area contributed by atoms with E-state index in [4.69, 9.17) is 9.47 Å². The highest BCUT2D eigenvalue weighted by molar-refractivity contribution is 5.74. The van der Waals surface area contributed by atoms with Crippen molar-refractivity contribution >= 4 is 11.9 Å². The standard InChI is InChI=1S/C23H30N2O5/c1-16-21(29-15-19-10-8-7-9-11-19)13-12-20(25(16)28)22(30-18(3)27)14-24(17(2)26)23(4,5)6/h7-13,22H,14-15H2,1-6H3. The summed E-state index contributed by atoms with van der Waals surface area (Å²) in [6.45, 7) is 10.4. The highest BCUT2D eigenvalue weighted by Crippen LogP contribution is 2.25. The SMILES string of the molecule is CC(=O)OC(CN(C(C)=O)C(C)(C)C)c1ccc(OCc2ccccc2)c(C)[n+]1[O-]. The molecule has 162 valence electrons. The summed E-state index contributed by atoms with van der Waals surface area (Å²) in [5.74, 6) is -0.255. The predicted octanol–water partition coefficient (Wildman–Crippen LogP) is 3.46. The molecule has 1 amide bonds. The molecule has 0 radical (unpaired) electrons. The molecular formula is C23H30N2O5. The number of nitrogens with zero attached hydrogens (tertiary/aromatic N) is 2. The number of benzene rings is 1. The van der Waals surface area contributed by atoms with E-state index in [-0.39, 0.29) is 18.1 Å². The van der Waals surface area contributed by atoms with Gasteiger partial charge in [-0.1, -0.05) is 30.3 Å². The molecule has 2 aromatic rings. The zero-order valence-electron chi connectivity index (χ0n) is 18.5. The first kappa shape index (κ1) is 23.2. The Balaban J connectivity index is 2.31. The smallest absolute Gasteiger partial charge is 0.303 e. The van der Waals surface area contributed by atoms with Crippen molar-refractivity contribution in [2.75, 3.05) is 6.54 Å². The molecule has 1 aromatic heterocycles. The van der Waals surface area contributed by atoms with Crippen LogP contribution in [0, 0.1) is 12.1 Å². The monoisotopic (exact) mass is 414 g/mol. The molecule has 0 spiro atoms. The molecule has 0 N–H and O–H groups in total. The Morgan fingerprint density at radius 1 is 1.10 bits per heavy atom. The number of hydrogen-bond donors (Lipinski definition) is 0. The maximum Gasteiger partial charge on any atom is 0.303 e. The molecule has 1 heterocycles. The van der Waals surface area contributed by atoms with Gasteiger partial charge in [0.1, 0.15) is 6.61 Å². The second-order valence-electron chi connectivity index (χ2n) is 8.18. The van der Waals surface area contributed by atoms with E-state index < -0.39 is 17.6 Å². The third-order valence-corrected chi connectivity index (χ3v) is 4.71. The van der Waals surface area contributed by atoms with Gasteiger partial charge in [0.15, 0.2) is 5.75 Å². The van der Waals surface area contributed by atoms with E-state index in [0.29, 0.717) is 22.8 Å². The lowest BCUT2D eigenvalue weighted by atomic mass is 10.0. The number of hydrogen-bond acceptors (Lipinski definition) is 5. The number of amides is 1. The van der Waals surface area contributed by atoms with E-state index >= 15 is 0 Å². The number of esters is 1. The summed E-state index contributed by atoms with van der Waals surface area (Å²) in [4.78, 5) is 25.4. The minimum atomic E-state index is -0.898. The van der Waals surface area contributed by atoms with Crippen LogP contribution in [0.1, 0.15) is 57.7 Å². The van der Waals surface area contributed by atoms with E-state index in [1.165, 1.54) is 13.8 Å². The molecule has 7 heteroatoms. The lowest BCUT2D eigenvalue weighted by Crippen LogP contribution is -2.49. The summed E-state index contributed by atoms with van der Waals surface area (Å²) in [7, 11) is 0. The molecule has 2 rings (SSSR count). The van der Waals surface area contributed by atoms with Gasteiger partial charge < -0.3 is 19.6 Å². The maximum absolute atomic E-state index is 13.0. The summed E-state index contributed by atoms with van der Waals surface area (Å²) in [5.41, 5.74) is 1.08. The molecule has 30 heavy (non-hydrogen) atoms. The van der Waals surface area contributed by atoms with Gasteiger partial charge in [-0.3, -0.25) is 9.59 Å². The van der Waals surface area contributed by atoms with Gasteiger partial charge in [-0.15, -0.1) is 0 Å². The lowest BCUT2D eigenvalue weighted by molar-refractivity contribution is -0.625. The number of carbonyl (C=O) groups excluding carboxylic acids is 2. The Bertz CT molecular complexity index is 890. The molecule has 1 aromatic carbocycles. The minimum absolute atomic E-state index is 0.0737. The maximum atomic E-state index is 13.0. The van der Waals surface area contributed by atoms with Crippen molar-refractivity contribution in [2.24, 2.45) is 0 Å². The molecular weight excluding hydrogens is 384 g/mol. The molecule has 0 saturated carbocycles. The second-order valence-corrected chi connectivity index (χ2v) is 8.18. The Labute approximate surface area is 177 Å².